The molecule has 2 N–H and O–H groups in total. The summed E-state index contributed by atoms with van der Waals surface area (Å²) in [6.07, 6.45) is 3.44. The van der Waals surface area contributed by atoms with Gasteiger partial charge in [-0.25, -0.2) is 9.97 Å². The van der Waals surface area contributed by atoms with Gasteiger partial charge in [-0.05, 0) is 11.6 Å². The second kappa shape index (κ2) is 4.54. The molecule has 88 valence electrons. The van der Waals surface area contributed by atoms with Gasteiger partial charge in [-0.15, -0.1) is 0 Å². The molecule has 0 unspecified atom stereocenters. The van der Waals surface area contributed by atoms with Crippen molar-refractivity contribution in [2.75, 3.05) is 0 Å². The summed E-state index contributed by atoms with van der Waals surface area (Å²) in [5.74, 6) is 1.32. The molecule has 0 saturated carbocycles. The van der Waals surface area contributed by atoms with Crippen LogP contribution in [0.5, 0.6) is 0 Å². The molecule has 0 aliphatic carbocycles. The van der Waals surface area contributed by atoms with Crippen molar-refractivity contribution in [3.8, 4) is 22.9 Å². The van der Waals surface area contributed by atoms with Gasteiger partial charge in [-0.3, -0.25) is 0 Å². The van der Waals surface area contributed by atoms with Gasteiger partial charge in [0.1, 0.15) is 4.64 Å². The number of hydrogen-bond acceptors (Lipinski definition) is 3. The summed E-state index contributed by atoms with van der Waals surface area (Å²) in [6.45, 7) is 0. The van der Waals surface area contributed by atoms with Gasteiger partial charge in [0.05, 0.1) is 5.69 Å². The predicted octanol–water partition coefficient (Wildman–Crippen LogP) is 3.20. The van der Waals surface area contributed by atoms with E-state index in [2.05, 4.69) is 19.9 Å². The predicted molar refractivity (Wildman–Crippen MR) is 72.4 cm³/mol. The molecule has 0 spiro atoms. The van der Waals surface area contributed by atoms with E-state index >= 15 is 0 Å². The first-order valence-corrected chi connectivity index (χ1v) is 5.90. The Hall–Kier alpha value is -2.27. The molecule has 0 fully saturated rings. The average Bonchev–Trinajstić information content (AvgIpc) is 2.93. The van der Waals surface area contributed by atoms with E-state index in [0.29, 0.717) is 16.3 Å². The van der Waals surface area contributed by atoms with Gasteiger partial charge in [-0.1, -0.05) is 42.5 Å². The van der Waals surface area contributed by atoms with Crippen LogP contribution < -0.4 is 0 Å². The van der Waals surface area contributed by atoms with Crippen molar-refractivity contribution in [2.24, 2.45) is 0 Å². The van der Waals surface area contributed by atoms with Crippen molar-refractivity contribution in [1.82, 2.24) is 19.9 Å². The lowest BCUT2D eigenvalue weighted by atomic mass is 10.1. The molecular weight excluding hydrogens is 244 g/mol. The largest absolute Gasteiger partial charge is 0.342 e. The van der Waals surface area contributed by atoms with Crippen LogP contribution in [0.25, 0.3) is 22.9 Å². The summed E-state index contributed by atoms with van der Waals surface area (Å²) in [5.41, 5.74) is 2.00. The van der Waals surface area contributed by atoms with Crippen LogP contribution in [-0.4, -0.2) is 19.9 Å². The number of aromatic amines is 2. The molecule has 0 saturated heterocycles. The highest BCUT2D eigenvalue weighted by Gasteiger charge is 2.05. The Morgan fingerprint density at radius 3 is 2.61 bits per heavy atom. The van der Waals surface area contributed by atoms with Gasteiger partial charge in [0.15, 0.2) is 11.6 Å². The first-order valence-electron chi connectivity index (χ1n) is 5.49. The van der Waals surface area contributed by atoms with Crippen LogP contribution in [-0.2, 0) is 0 Å². The molecule has 0 radical (unpaired) electrons. The standard InChI is InChI=1S/C13H10N4S/c18-11-8-10(9-4-2-1-3-5-9)16-13(17-11)12-14-6-7-15-12/h1-8H,(H,14,15)(H,16,17,18). The maximum atomic E-state index is 5.19. The number of rotatable bonds is 2. The Labute approximate surface area is 109 Å². The molecule has 18 heavy (non-hydrogen) atoms. The lowest BCUT2D eigenvalue weighted by Crippen LogP contribution is -1.94. The highest BCUT2D eigenvalue weighted by atomic mass is 32.1. The Morgan fingerprint density at radius 2 is 1.89 bits per heavy atom. The normalized spacial score (nSPS) is 10.4. The van der Waals surface area contributed by atoms with Crippen LogP contribution in [0.3, 0.4) is 0 Å². The highest BCUT2D eigenvalue weighted by Crippen LogP contribution is 2.19. The zero-order valence-electron chi connectivity index (χ0n) is 9.42. The molecule has 1 aromatic carbocycles. The topological polar surface area (TPSA) is 57.4 Å². The summed E-state index contributed by atoms with van der Waals surface area (Å²) in [7, 11) is 0. The third-order valence-corrected chi connectivity index (χ3v) is 2.76. The Morgan fingerprint density at radius 1 is 1.06 bits per heavy atom. The van der Waals surface area contributed by atoms with Crippen molar-refractivity contribution in [1.29, 1.82) is 0 Å². The maximum Gasteiger partial charge on any atom is 0.175 e. The molecule has 3 aromatic rings. The Balaban J connectivity index is 2.15. The van der Waals surface area contributed by atoms with Gasteiger partial charge >= 0.3 is 0 Å². The number of benzene rings is 1. The van der Waals surface area contributed by atoms with E-state index in [1.54, 1.807) is 12.4 Å². The van der Waals surface area contributed by atoms with E-state index in [9.17, 15) is 0 Å². The van der Waals surface area contributed by atoms with Crippen LogP contribution in [0.1, 0.15) is 0 Å². The zero-order valence-corrected chi connectivity index (χ0v) is 10.2. The lowest BCUT2D eigenvalue weighted by molar-refractivity contribution is 1.11. The van der Waals surface area contributed by atoms with Crippen LogP contribution in [0, 0.1) is 4.64 Å². The fraction of sp³-hybridized carbons (Fsp3) is 0. The molecule has 2 aromatic heterocycles. The minimum Gasteiger partial charge on any atom is -0.342 e. The summed E-state index contributed by atoms with van der Waals surface area (Å²) < 4.78 is 0.541. The minimum atomic E-state index is 0.541. The molecule has 0 aliphatic rings. The molecule has 4 nitrogen and oxygen atoms in total. The number of hydrogen-bond donors (Lipinski definition) is 2. The van der Waals surface area contributed by atoms with Crippen molar-refractivity contribution in [3.63, 3.8) is 0 Å². The quantitative estimate of drug-likeness (QED) is 0.690. The summed E-state index contributed by atoms with van der Waals surface area (Å²) in [5, 5.41) is 0. The first kappa shape index (κ1) is 10.9. The minimum absolute atomic E-state index is 0.541. The van der Waals surface area contributed by atoms with Gasteiger partial charge in [0, 0.05) is 12.4 Å². The van der Waals surface area contributed by atoms with Crippen LogP contribution in [0.2, 0.25) is 0 Å². The van der Waals surface area contributed by atoms with Gasteiger partial charge in [-0.2, -0.15) is 0 Å². The van der Waals surface area contributed by atoms with Crippen LogP contribution >= 0.6 is 12.2 Å². The van der Waals surface area contributed by atoms with Gasteiger partial charge in [0.2, 0.25) is 0 Å². The van der Waals surface area contributed by atoms with E-state index in [1.165, 1.54) is 0 Å². The molecule has 0 aliphatic heterocycles. The fourth-order valence-corrected chi connectivity index (χ4v) is 1.95. The number of imidazole rings is 1. The highest BCUT2D eigenvalue weighted by molar-refractivity contribution is 7.71. The third-order valence-electron chi connectivity index (χ3n) is 2.55. The van der Waals surface area contributed by atoms with Crippen LogP contribution in [0.4, 0.5) is 0 Å². The number of H-pyrrole nitrogens is 2. The van der Waals surface area contributed by atoms with E-state index in [-0.39, 0.29) is 0 Å². The maximum absolute atomic E-state index is 5.19. The molecule has 2 heterocycles. The SMILES string of the molecule is S=c1cc(-c2ccccc2)[nH]c(-c2ncc[nH]2)n1. The lowest BCUT2D eigenvalue weighted by Gasteiger charge is -2.04. The van der Waals surface area contributed by atoms with Crippen molar-refractivity contribution in [2.45, 2.75) is 0 Å². The molecule has 5 heteroatoms. The molecular formula is C13H10N4S. The molecule has 0 bridgehead atoms. The average molecular weight is 254 g/mol. The van der Waals surface area contributed by atoms with E-state index < -0.39 is 0 Å². The fourth-order valence-electron chi connectivity index (χ4n) is 1.74. The van der Waals surface area contributed by atoms with Gasteiger partial charge < -0.3 is 9.97 Å². The van der Waals surface area contributed by atoms with Crippen LogP contribution in [0.15, 0.2) is 48.8 Å². The number of nitrogens with zero attached hydrogens (tertiary/aromatic N) is 2. The van der Waals surface area contributed by atoms with Crippen molar-refractivity contribution in [3.05, 3.63) is 53.4 Å². The smallest absolute Gasteiger partial charge is 0.175 e. The summed E-state index contributed by atoms with van der Waals surface area (Å²) in [4.78, 5) is 14.7. The van der Waals surface area contributed by atoms with Crippen molar-refractivity contribution >= 4 is 12.2 Å². The summed E-state index contributed by atoms with van der Waals surface area (Å²) >= 11 is 5.19. The first-order chi connectivity index (χ1) is 8.83. The number of nitrogens with one attached hydrogen (secondary N) is 2. The molecule has 0 atom stereocenters. The monoisotopic (exact) mass is 254 g/mol. The number of aromatic nitrogens is 4. The second-order valence-corrected chi connectivity index (χ2v) is 4.20. The molecule has 0 amide bonds. The summed E-state index contributed by atoms with van der Waals surface area (Å²) in [6, 6.07) is 11.8. The molecule has 3 rings (SSSR count). The van der Waals surface area contributed by atoms with E-state index in [0.717, 1.165) is 11.3 Å². The van der Waals surface area contributed by atoms with Crippen molar-refractivity contribution < 1.29 is 0 Å². The second-order valence-electron chi connectivity index (χ2n) is 3.79. The Bertz CT molecular complexity index is 701. The Kier molecular flexibility index (Phi) is 2.74. The zero-order chi connectivity index (χ0) is 12.4. The van der Waals surface area contributed by atoms with E-state index in [1.807, 2.05) is 36.4 Å². The third kappa shape index (κ3) is 2.08. The van der Waals surface area contributed by atoms with E-state index in [4.69, 9.17) is 12.2 Å². The van der Waals surface area contributed by atoms with Gasteiger partial charge in [0.25, 0.3) is 0 Å².